The third-order valence-corrected chi connectivity index (χ3v) is 2.26. The molecule has 0 fully saturated rings. The van der Waals surface area contributed by atoms with Crippen LogP contribution in [0.15, 0.2) is 30.3 Å². The summed E-state index contributed by atoms with van der Waals surface area (Å²) in [5.74, 6) is 1.07. The van der Waals surface area contributed by atoms with Gasteiger partial charge in [0.1, 0.15) is 0 Å². The molecule has 16 heavy (non-hydrogen) atoms. The Bertz CT molecular complexity index is 460. The zero-order valence-electron chi connectivity index (χ0n) is 9.46. The highest BCUT2D eigenvalue weighted by molar-refractivity contribution is 5.33. The first-order valence-corrected chi connectivity index (χ1v) is 5.08. The molecule has 0 bridgehead atoms. The van der Waals surface area contributed by atoms with Crippen molar-refractivity contribution in [2.24, 2.45) is 0 Å². The van der Waals surface area contributed by atoms with Gasteiger partial charge in [0, 0.05) is 14.1 Å². The minimum Gasteiger partial charge on any atom is -0.368 e. The molecule has 0 aliphatic carbocycles. The number of anilines is 2. The molecule has 2 N–H and O–H groups in total. The van der Waals surface area contributed by atoms with E-state index < -0.39 is 0 Å². The molecule has 0 unspecified atom stereocenters. The van der Waals surface area contributed by atoms with E-state index in [1.54, 1.807) is 4.68 Å². The van der Waals surface area contributed by atoms with Gasteiger partial charge in [-0.3, -0.25) is 0 Å². The lowest BCUT2D eigenvalue weighted by Crippen LogP contribution is -2.11. The molecule has 0 amide bonds. The van der Waals surface area contributed by atoms with Crippen LogP contribution in [-0.2, 0) is 6.54 Å². The average Bonchev–Trinajstić information content (AvgIpc) is 2.62. The van der Waals surface area contributed by atoms with Crippen molar-refractivity contribution in [2.45, 2.75) is 6.54 Å². The number of hydrogen-bond acceptors (Lipinski definition) is 4. The van der Waals surface area contributed by atoms with E-state index in [2.05, 4.69) is 10.1 Å². The van der Waals surface area contributed by atoms with Crippen LogP contribution < -0.4 is 10.6 Å². The van der Waals surface area contributed by atoms with Crippen LogP contribution in [0.25, 0.3) is 0 Å². The molecule has 1 aromatic heterocycles. The maximum Gasteiger partial charge on any atom is 0.246 e. The van der Waals surface area contributed by atoms with Gasteiger partial charge in [-0.05, 0) is 5.56 Å². The third kappa shape index (κ3) is 2.13. The topological polar surface area (TPSA) is 60.0 Å². The smallest absolute Gasteiger partial charge is 0.246 e. The number of rotatable bonds is 3. The fourth-order valence-electron chi connectivity index (χ4n) is 1.40. The van der Waals surface area contributed by atoms with Crippen molar-refractivity contribution in [1.29, 1.82) is 0 Å². The van der Waals surface area contributed by atoms with Crippen LogP contribution in [-0.4, -0.2) is 28.9 Å². The highest BCUT2D eigenvalue weighted by atomic mass is 15.4. The summed E-state index contributed by atoms with van der Waals surface area (Å²) in [4.78, 5) is 5.99. The Hall–Kier alpha value is -2.04. The van der Waals surface area contributed by atoms with Crippen molar-refractivity contribution in [1.82, 2.24) is 14.8 Å². The number of benzene rings is 1. The van der Waals surface area contributed by atoms with E-state index in [0.29, 0.717) is 18.4 Å². The van der Waals surface area contributed by atoms with Crippen molar-refractivity contribution in [3.8, 4) is 0 Å². The van der Waals surface area contributed by atoms with Crippen LogP contribution in [0.5, 0.6) is 0 Å². The molecule has 0 aliphatic heterocycles. The fraction of sp³-hybridized carbons (Fsp3) is 0.273. The molecule has 5 heteroatoms. The molecule has 2 rings (SSSR count). The Morgan fingerprint density at radius 1 is 1.25 bits per heavy atom. The molecule has 0 aliphatic rings. The Kier molecular flexibility index (Phi) is 2.76. The largest absolute Gasteiger partial charge is 0.368 e. The number of hydrogen-bond donors (Lipinski definition) is 1. The summed E-state index contributed by atoms with van der Waals surface area (Å²) in [6.07, 6.45) is 0. The first-order valence-electron chi connectivity index (χ1n) is 5.08. The van der Waals surface area contributed by atoms with Crippen molar-refractivity contribution in [3.63, 3.8) is 0 Å². The standard InChI is InChI=1S/C11H15N5/c1-15(2)11-13-10(12)16(14-11)8-9-6-4-3-5-7-9/h3-7H,8H2,1-2H3,(H2,12,13,14). The highest BCUT2D eigenvalue weighted by Gasteiger charge is 2.08. The molecule has 1 aromatic carbocycles. The van der Waals surface area contributed by atoms with Gasteiger partial charge in [0.2, 0.25) is 11.9 Å². The average molecular weight is 217 g/mol. The molecular weight excluding hydrogens is 202 g/mol. The molecular formula is C11H15N5. The molecule has 0 atom stereocenters. The van der Waals surface area contributed by atoms with Crippen molar-refractivity contribution >= 4 is 11.9 Å². The highest BCUT2D eigenvalue weighted by Crippen LogP contribution is 2.10. The van der Waals surface area contributed by atoms with Crippen molar-refractivity contribution < 1.29 is 0 Å². The quantitative estimate of drug-likeness (QED) is 0.832. The van der Waals surface area contributed by atoms with Gasteiger partial charge in [-0.1, -0.05) is 30.3 Å². The summed E-state index contributed by atoms with van der Waals surface area (Å²) in [5.41, 5.74) is 6.95. The number of nitrogen functional groups attached to an aromatic ring is 1. The van der Waals surface area contributed by atoms with Gasteiger partial charge in [0.05, 0.1) is 6.54 Å². The van der Waals surface area contributed by atoms with E-state index in [1.165, 1.54) is 0 Å². The Morgan fingerprint density at radius 3 is 2.50 bits per heavy atom. The SMILES string of the molecule is CN(C)c1nc(N)n(Cc2ccccc2)n1. The first kappa shape index (κ1) is 10.5. The predicted octanol–water partition coefficient (Wildman–Crippen LogP) is 0.975. The second kappa shape index (κ2) is 4.22. The normalized spacial score (nSPS) is 10.4. The number of nitrogens with zero attached hydrogens (tertiary/aromatic N) is 4. The summed E-state index contributed by atoms with van der Waals surface area (Å²) >= 11 is 0. The lowest BCUT2D eigenvalue weighted by atomic mass is 10.2. The van der Waals surface area contributed by atoms with Crippen LogP contribution >= 0.6 is 0 Å². The first-order chi connectivity index (χ1) is 7.66. The Balaban J connectivity index is 2.22. The van der Waals surface area contributed by atoms with E-state index >= 15 is 0 Å². The van der Waals surface area contributed by atoms with Gasteiger partial charge in [0.15, 0.2) is 0 Å². The third-order valence-electron chi connectivity index (χ3n) is 2.26. The molecule has 0 radical (unpaired) electrons. The summed E-state index contributed by atoms with van der Waals surface area (Å²) in [5, 5.41) is 4.31. The molecule has 5 nitrogen and oxygen atoms in total. The fourth-order valence-corrected chi connectivity index (χ4v) is 1.40. The summed E-state index contributed by atoms with van der Waals surface area (Å²) in [6.45, 7) is 0.646. The second-order valence-electron chi connectivity index (χ2n) is 3.81. The molecule has 0 spiro atoms. The lowest BCUT2D eigenvalue weighted by molar-refractivity contribution is 0.694. The maximum absolute atomic E-state index is 5.79. The number of aromatic nitrogens is 3. The zero-order chi connectivity index (χ0) is 11.5. The van der Waals surface area contributed by atoms with Gasteiger partial charge < -0.3 is 10.6 Å². The zero-order valence-corrected chi connectivity index (χ0v) is 9.46. The van der Waals surface area contributed by atoms with Crippen LogP contribution in [0.2, 0.25) is 0 Å². The van der Waals surface area contributed by atoms with E-state index in [4.69, 9.17) is 5.73 Å². The lowest BCUT2D eigenvalue weighted by Gasteiger charge is -2.04. The van der Waals surface area contributed by atoms with E-state index in [1.807, 2.05) is 49.3 Å². The Morgan fingerprint density at radius 2 is 1.94 bits per heavy atom. The molecule has 0 saturated carbocycles. The summed E-state index contributed by atoms with van der Waals surface area (Å²) in [6, 6.07) is 10.1. The van der Waals surface area contributed by atoms with Gasteiger partial charge in [-0.15, -0.1) is 5.10 Å². The minimum atomic E-state index is 0.438. The van der Waals surface area contributed by atoms with Crippen molar-refractivity contribution in [2.75, 3.05) is 24.7 Å². The molecule has 0 saturated heterocycles. The van der Waals surface area contributed by atoms with Crippen LogP contribution in [0.4, 0.5) is 11.9 Å². The van der Waals surface area contributed by atoms with Crippen LogP contribution in [0.3, 0.4) is 0 Å². The van der Waals surface area contributed by atoms with E-state index in [-0.39, 0.29) is 0 Å². The second-order valence-corrected chi connectivity index (χ2v) is 3.81. The summed E-state index contributed by atoms with van der Waals surface area (Å²) in [7, 11) is 3.78. The van der Waals surface area contributed by atoms with Gasteiger partial charge >= 0.3 is 0 Å². The van der Waals surface area contributed by atoms with E-state index in [0.717, 1.165) is 5.56 Å². The monoisotopic (exact) mass is 217 g/mol. The number of nitrogens with two attached hydrogens (primary N) is 1. The molecule has 2 aromatic rings. The summed E-state index contributed by atoms with van der Waals surface area (Å²) < 4.78 is 1.70. The van der Waals surface area contributed by atoms with Gasteiger partial charge in [0.25, 0.3) is 0 Å². The molecule has 84 valence electrons. The maximum atomic E-state index is 5.79. The van der Waals surface area contributed by atoms with Crippen LogP contribution in [0, 0.1) is 0 Å². The van der Waals surface area contributed by atoms with Gasteiger partial charge in [-0.25, -0.2) is 4.68 Å². The Labute approximate surface area is 94.5 Å². The van der Waals surface area contributed by atoms with E-state index in [9.17, 15) is 0 Å². The van der Waals surface area contributed by atoms with Crippen molar-refractivity contribution in [3.05, 3.63) is 35.9 Å². The predicted molar refractivity (Wildman–Crippen MR) is 64.3 cm³/mol. The van der Waals surface area contributed by atoms with Crippen LogP contribution in [0.1, 0.15) is 5.56 Å². The molecule has 1 heterocycles. The van der Waals surface area contributed by atoms with Gasteiger partial charge in [-0.2, -0.15) is 4.98 Å². The minimum absolute atomic E-state index is 0.438.